The first-order valence-corrected chi connectivity index (χ1v) is 5.39. The van der Waals surface area contributed by atoms with Gasteiger partial charge in [0.1, 0.15) is 5.82 Å². The summed E-state index contributed by atoms with van der Waals surface area (Å²) < 4.78 is 12.7. The van der Waals surface area contributed by atoms with E-state index < -0.39 is 0 Å². The maximum absolute atomic E-state index is 12.7. The van der Waals surface area contributed by atoms with Crippen LogP contribution in [-0.4, -0.2) is 23.8 Å². The van der Waals surface area contributed by atoms with Crippen LogP contribution in [0.2, 0.25) is 0 Å². The van der Waals surface area contributed by atoms with E-state index in [1.165, 1.54) is 12.1 Å². The molecular formula is C12H16FNO. The van der Waals surface area contributed by atoms with Crippen LogP contribution in [-0.2, 0) is 6.42 Å². The van der Waals surface area contributed by atoms with Crippen LogP contribution in [0, 0.1) is 5.82 Å². The molecule has 0 amide bonds. The number of benzene rings is 1. The summed E-state index contributed by atoms with van der Waals surface area (Å²) >= 11 is 0. The molecule has 0 saturated carbocycles. The maximum atomic E-state index is 12.7. The SMILES string of the molecule is OC[C@H]1CCC(Cc2ccc(F)cc2)N1. The van der Waals surface area contributed by atoms with E-state index in [1.807, 2.05) is 12.1 Å². The molecule has 1 unspecified atom stereocenters. The highest BCUT2D eigenvalue weighted by molar-refractivity contribution is 5.17. The Morgan fingerprint density at radius 1 is 1.20 bits per heavy atom. The highest BCUT2D eigenvalue weighted by atomic mass is 19.1. The van der Waals surface area contributed by atoms with Gasteiger partial charge in [0.05, 0.1) is 6.61 Å². The molecule has 2 nitrogen and oxygen atoms in total. The van der Waals surface area contributed by atoms with Crippen molar-refractivity contribution >= 4 is 0 Å². The predicted octanol–water partition coefficient (Wildman–Crippen LogP) is 1.48. The Labute approximate surface area is 89.1 Å². The van der Waals surface area contributed by atoms with E-state index in [4.69, 9.17) is 5.11 Å². The Hall–Kier alpha value is -0.930. The minimum Gasteiger partial charge on any atom is -0.395 e. The molecule has 1 aliphatic heterocycles. The molecular weight excluding hydrogens is 193 g/mol. The lowest BCUT2D eigenvalue weighted by Gasteiger charge is -2.12. The van der Waals surface area contributed by atoms with Gasteiger partial charge >= 0.3 is 0 Å². The third-order valence-corrected chi connectivity index (χ3v) is 2.95. The molecule has 0 spiro atoms. The van der Waals surface area contributed by atoms with Crippen LogP contribution in [0.15, 0.2) is 24.3 Å². The molecule has 0 bridgehead atoms. The Balaban J connectivity index is 1.90. The summed E-state index contributed by atoms with van der Waals surface area (Å²) in [5, 5.41) is 12.3. The number of rotatable bonds is 3. The summed E-state index contributed by atoms with van der Waals surface area (Å²) in [7, 11) is 0. The van der Waals surface area contributed by atoms with Crippen LogP contribution in [0.1, 0.15) is 18.4 Å². The second-order valence-corrected chi connectivity index (χ2v) is 4.15. The number of hydrogen-bond acceptors (Lipinski definition) is 2. The molecule has 3 heteroatoms. The predicted molar refractivity (Wildman–Crippen MR) is 57.1 cm³/mol. The molecule has 1 fully saturated rings. The Kier molecular flexibility index (Phi) is 3.34. The highest BCUT2D eigenvalue weighted by Gasteiger charge is 2.22. The van der Waals surface area contributed by atoms with Crippen LogP contribution in [0.25, 0.3) is 0 Å². The van der Waals surface area contributed by atoms with Crippen LogP contribution < -0.4 is 5.32 Å². The van der Waals surface area contributed by atoms with Gasteiger partial charge in [-0.3, -0.25) is 0 Å². The molecule has 1 aromatic carbocycles. The molecule has 2 N–H and O–H groups in total. The van der Waals surface area contributed by atoms with E-state index in [2.05, 4.69) is 5.32 Å². The fourth-order valence-electron chi connectivity index (χ4n) is 2.11. The first-order chi connectivity index (χ1) is 7.28. The second-order valence-electron chi connectivity index (χ2n) is 4.15. The fraction of sp³-hybridized carbons (Fsp3) is 0.500. The fourth-order valence-corrected chi connectivity index (χ4v) is 2.11. The van der Waals surface area contributed by atoms with Crippen LogP contribution >= 0.6 is 0 Å². The van der Waals surface area contributed by atoms with E-state index in [0.29, 0.717) is 6.04 Å². The number of aliphatic hydroxyl groups is 1. The van der Waals surface area contributed by atoms with Crippen molar-refractivity contribution in [2.45, 2.75) is 31.3 Å². The van der Waals surface area contributed by atoms with Gasteiger partial charge in [-0.2, -0.15) is 0 Å². The zero-order chi connectivity index (χ0) is 10.7. The van der Waals surface area contributed by atoms with Crippen molar-refractivity contribution in [2.24, 2.45) is 0 Å². The summed E-state index contributed by atoms with van der Waals surface area (Å²) in [4.78, 5) is 0. The summed E-state index contributed by atoms with van der Waals surface area (Å²) in [6.07, 6.45) is 3.03. The van der Waals surface area contributed by atoms with Gasteiger partial charge in [-0.25, -0.2) is 4.39 Å². The molecule has 1 aromatic rings. The first kappa shape index (κ1) is 10.6. The van der Waals surface area contributed by atoms with Crippen LogP contribution in [0.5, 0.6) is 0 Å². The lowest BCUT2D eigenvalue weighted by atomic mass is 10.0. The van der Waals surface area contributed by atoms with Gasteiger partial charge in [0.2, 0.25) is 0 Å². The largest absolute Gasteiger partial charge is 0.395 e. The number of nitrogens with one attached hydrogen (secondary N) is 1. The van der Waals surface area contributed by atoms with Crippen molar-refractivity contribution in [3.63, 3.8) is 0 Å². The van der Waals surface area contributed by atoms with Gasteiger partial charge in [0, 0.05) is 12.1 Å². The quantitative estimate of drug-likeness (QED) is 0.790. The molecule has 1 aliphatic rings. The topological polar surface area (TPSA) is 32.3 Å². The van der Waals surface area contributed by atoms with Gasteiger partial charge in [0.25, 0.3) is 0 Å². The monoisotopic (exact) mass is 209 g/mol. The summed E-state index contributed by atoms with van der Waals surface area (Å²) in [5.74, 6) is -0.189. The van der Waals surface area contributed by atoms with Gasteiger partial charge in [-0.05, 0) is 37.0 Å². The molecule has 1 heterocycles. The van der Waals surface area contributed by atoms with E-state index in [-0.39, 0.29) is 18.5 Å². The van der Waals surface area contributed by atoms with Crippen LogP contribution in [0.3, 0.4) is 0 Å². The maximum Gasteiger partial charge on any atom is 0.123 e. The zero-order valence-corrected chi connectivity index (χ0v) is 8.62. The number of halogens is 1. The molecule has 1 saturated heterocycles. The molecule has 15 heavy (non-hydrogen) atoms. The third-order valence-electron chi connectivity index (χ3n) is 2.95. The normalized spacial score (nSPS) is 25.7. The number of hydrogen-bond donors (Lipinski definition) is 2. The standard InChI is InChI=1S/C12H16FNO/c13-10-3-1-9(2-4-10)7-11-5-6-12(8-15)14-11/h1-4,11-12,14-15H,5-8H2/t11?,12-/m1/s1. The highest BCUT2D eigenvalue weighted by Crippen LogP contribution is 2.16. The van der Waals surface area contributed by atoms with Crippen molar-refractivity contribution in [3.8, 4) is 0 Å². The lowest BCUT2D eigenvalue weighted by Crippen LogP contribution is -2.33. The smallest absolute Gasteiger partial charge is 0.123 e. The van der Waals surface area contributed by atoms with Gasteiger partial charge in [0.15, 0.2) is 0 Å². The molecule has 0 aliphatic carbocycles. The molecule has 82 valence electrons. The Morgan fingerprint density at radius 3 is 2.47 bits per heavy atom. The minimum atomic E-state index is -0.189. The van der Waals surface area contributed by atoms with Crippen molar-refractivity contribution in [2.75, 3.05) is 6.61 Å². The Bertz CT molecular complexity index is 312. The first-order valence-electron chi connectivity index (χ1n) is 5.39. The van der Waals surface area contributed by atoms with E-state index in [0.717, 1.165) is 24.8 Å². The van der Waals surface area contributed by atoms with Crippen molar-refractivity contribution < 1.29 is 9.50 Å². The van der Waals surface area contributed by atoms with Crippen molar-refractivity contribution in [3.05, 3.63) is 35.6 Å². The van der Waals surface area contributed by atoms with E-state index in [1.54, 1.807) is 0 Å². The van der Waals surface area contributed by atoms with E-state index in [9.17, 15) is 4.39 Å². The molecule has 2 rings (SSSR count). The third kappa shape index (κ3) is 2.76. The van der Waals surface area contributed by atoms with Gasteiger partial charge in [-0.15, -0.1) is 0 Å². The van der Waals surface area contributed by atoms with Gasteiger partial charge < -0.3 is 10.4 Å². The summed E-state index contributed by atoms with van der Waals surface area (Å²) in [6, 6.07) is 7.30. The average molecular weight is 209 g/mol. The van der Waals surface area contributed by atoms with Gasteiger partial charge in [-0.1, -0.05) is 12.1 Å². The average Bonchev–Trinajstić information content (AvgIpc) is 2.69. The summed E-state index contributed by atoms with van der Waals surface area (Å²) in [5.41, 5.74) is 1.15. The number of aliphatic hydroxyl groups excluding tert-OH is 1. The summed E-state index contributed by atoms with van der Waals surface area (Å²) in [6.45, 7) is 0.208. The van der Waals surface area contributed by atoms with Crippen LogP contribution in [0.4, 0.5) is 4.39 Å². The van der Waals surface area contributed by atoms with Crippen molar-refractivity contribution in [1.29, 1.82) is 0 Å². The van der Waals surface area contributed by atoms with E-state index >= 15 is 0 Å². The zero-order valence-electron chi connectivity index (χ0n) is 8.62. The molecule has 2 atom stereocenters. The molecule has 0 aromatic heterocycles. The minimum absolute atomic E-state index is 0.189. The molecule has 0 radical (unpaired) electrons. The lowest BCUT2D eigenvalue weighted by molar-refractivity contribution is 0.251. The second kappa shape index (κ2) is 4.73. The Morgan fingerprint density at radius 2 is 1.87 bits per heavy atom. The van der Waals surface area contributed by atoms with Crippen molar-refractivity contribution in [1.82, 2.24) is 5.32 Å².